The quantitative estimate of drug-likeness (QED) is 0.229. The molecule has 0 saturated heterocycles. The van der Waals surface area contributed by atoms with Crippen molar-refractivity contribution in [3.8, 4) is 6.26 Å². The van der Waals surface area contributed by atoms with E-state index in [9.17, 15) is 14.9 Å². The van der Waals surface area contributed by atoms with Crippen LogP contribution in [-0.4, -0.2) is 11.2 Å². The van der Waals surface area contributed by atoms with Crippen molar-refractivity contribution >= 4 is 6.16 Å². The Morgan fingerprint density at radius 2 is 2.30 bits per heavy atom. The van der Waals surface area contributed by atoms with E-state index in [1.807, 2.05) is 0 Å². The second-order valence-electron chi connectivity index (χ2n) is 0.823. The molecule has 0 N–H and O–H groups in total. The topological polar surface area (TPSA) is 112 Å². The molecule has 0 rings (SSSR count). The molecule has 0 aromatic heterocycles. The fourth-order valence-electron chi connectivity index (χ4n) is 0.129. The van der Waals surface area contributed by atoms with Crippen molar-refractivity contribution in [3.63, 3.8) is 0 Å². The molecule has 0 radical (unpaired) electrons. The number of carbonyl (C=O) groups excluding carboxylic acids is 1. The molecule has 0 atom stereocenters. The highest BCUT2D eigenvalue weighted by molar-refractivity contribution is 5.57. The van der Waals surface area contributed by atoms with Crippen LogP contribution >= 0.6 is 0 Å². The first-order chi connectivity index (χ1) is 4.66. The Hall–Kier alpha value is -2.04. The van der Waals surface area contributed by atoms with Crippen LogP contribution in [0.2, 0.25) is 0 Å². The van der Waals surface area contributed by atoms with Gasteiger partial charge in [-0.1, -0.05) is 0 Å². The van der Waals surface area contributed by atoms with Crippen molar-refractivity contribution in [2.45, 2.75) is 0 Å². The zero-order valence-corrected chi connectivity index (χ0v) is 4.34. The van der Waals surface area contributed by atoms with Gasteiger partial charge in [0, 0.05) is 0 Å². The molecule has 0 aliphatic rings. The lowest BCUT2D eigenvalue weighted by Crippen LogP contribution is -2.10. The molecule has 0 saturated carbocycles. The summed E-state index contributed by atoms with van der Waals surface area (Å²) in [5.41, 5.74) is 0. The van der Waals surface area contributed by atoms with Gasteiger partial charge in [-0.05, 0) is 0 Å². The fourth-order valence-corrected chi connectivity index (χ4v) is 0.129. The van der Waals surface area contributed by atoms with E-state index < -0.39 is 11.2 Å². The van der Waals surface area contributed by atoms with Crippen molar-refractivity contribution < 1.29 is 24.5 Å². The predicted octanol–water partition coefficient (Wildman–Crippen LogP) is -0.256. The Bertz CT molecular complexity index is 181. The Balaban J connectivity index is 3.47. The van der Waals surface area contributed by atoms with Gasteiger partial charge >= 0.3 is 17.5 Å². The Kier molecular flexibility index (Phi) is 3.11. The van der Waals surface area contributed by atoms with Crippen LogP contribution in [0.25, 0.3) is 0 Å². The summed E-state index contributed by atoms with van der Waals surface area (Å²) in [6.07, 6.45) is -0.790. The number of nitrogens with zero attached hydrogens (tertiary/aromatic N) is 2. The van der Waals surface area contributed by atoms with E-state index in [-0.39, 0.29) is 0 Å². The van der Waals surface area contributed by atoms with E-state index in [0.717, 1.165) is 6.26 Å². The monoisotopic (exact) mass is 148 g/mol. The van der Waals surface area contributed by atoms with Gasteiger partial charge in [0.2, 0.25) is 0 Å². The van der Waals surface area contributed by atoms with Gasteiger partial charge in [-0.25, -0.2) is 9.68 Å². The lowest BCUT2D eigenvalue weighted by molar-refractivity contribution is -0.732. The average Bonchev–Trinajstić information content (AvgIpc) is 1.82. The first-order valence-electron chi connectivity index (χ1n) is 1.75. The van der Waals surface area contributed by atoms with Gasteiger partial charge in [0.25, 0.3) is 0 Å². The highest BCUT2D eigenvalue weighted by Crippen LogP contribution is 1.84. The minimum Gasteiger partial charge on any atom is -0.214 e. The summed E-state index contributed by atoms with van der Waals surface area (Å²) in [4.78, 5) is 29.0. The number of hydrogen-bond donors (Lipinski definition) is 0. The fraction of sp³-hybridized carbons (Fsp3) is 0. The molecular weight excluding hydrogens is 148 g/mol. The SMILES string of the molecule is N#COOC(=O)O[N+](=O)[O-]. The number of carbonyl (C=O) groups is 1. The average molecular weight is 148 g/mol. The first kappa shape index (κ1) is 7.96. The van der Waals surface area contributed by atoms with Gasteiger partial charge in [0.05, 0.1) is 0 Å². The Morgan fingerprint density at radius 1 is 1.70 bits per heavy atom. The smallest absolute Gasteiger partial charge is 0.214 e. The van der Waals surface area contributed by atoms with Crippen molar-refractivity contribution in [2.75, 3.05) is 0 Å². The van der Waals surface area contributed by atoms with Crippen molar-refractivity contribution in [2.24, 2.45) is 0 Å². The molecule has 0 unspecified atom stereocenters. The summed E-state index contributed by atoms with van der Waals surface area (Å²) in [5, 5.41) is 15.5. The number of nitriles is 1. The van der Waals surface area contributed by atoms with E-state index >= 15 is 0 Å². The molecule has 10 heavy (non-hydrogen) atoms. The van der Waals surface area contributed by atoms with Gasteiger partial charge in [0.1, 0.15) is 0 Å². The summed E-state index contributed by atoms with van der Waals surface area (Å²) in [5.74, 6) is 0. The molecule has 54 valence electrons. The van der Waals surface area contributed by atoms with E-state index in [4.69, 9.17) is 5.26 Å². The second-order valence-corrected chi connectivity index (χ2v) is 0.823. The van der Waals surface area contributed by atoms with Gasteiger partial charge < -0.3 is 0 Å². The minimum atomic E-state index is -1.72. The van der Waals surface area contributed by atoms with E-state index in [1.54, 1.807) is 0 Å². The lowest BCUT2D eigenvalue weighted by Gasteiger charge is -1.91. The van der Waals surface area contributed by atoms with Crippen LogP contribution in [0, 0.1) is 21.6 Å². The molecule has 8 nitrogen and oxygen atoms in total. The molecule has 0 heterocycles. The number of hydrogen-bond acceptors (Lipinski definition) is 7. The van der Waals surface area contributed by atoms with E-state index in [2.05, 4.69) is 14.6 Å². The number of rotatable bonds is 2. The largest absolute Gasteiger partial charge is 0.527 e. The van der Waals surface area contributed by atoms with Crippen molar-refractivity contribution in [1.82, 2.24) is 0 Å². The molecule has 0 aliphatic heterocycles. The summed E-state index contributed by atoms with van der Waals surface area (Å²) < 4.78 is 0. The van der Waals surface area contributed by atoms with Crippen LogP contribution in [-0.2, 0) is 14.6 Å². The van der Waals surface area contributed by atoms with Gasteiger partial charge in [-0.3, -0.25) is 0 Å². The van der Waals surface area contributed by atoms with Crippen LogP contribution in [0.3, 0.4) is 0 Å². The molecule has 0 spiro atoms. The van der Waals surface area contributed by atoms with Crippen LogP contribution in [0.1, 0.15) is 0 Å². The zero-order chi connectivity index (χ0) is 7.98. The van der Waals surface area contributed by atoms with Gasteiger partial charge in [-0.15, -0.1) is 15.4 Å². The van der Waals surface area contributed by atoms with Crippen LogP contribution in [0.15, 0.2) is 0 Å². The molecule has 0 aliphatic carbocycles. The maximum atomic E-state index is 9.85. The maximum Gasteiger partial charge on any atom is 0.527 e. The zero-order valence-electron chi connectivity index (χ0n) is 4.34. The molecule has 0 bridgehead atoms. The molecule has 0 aromatic rings. The lowest BCUT2D eigenvalue weighted by atomic mass is 11.4. The summed E-state index contributed by atoms with van der Waals surface area (Å²) in [6.45, 7) is 0. The summed E-state index contributed by atoms with van der Waals surface area (Å²) in [7, 11) is 0. The summed E-state index contributed by atoms with van der Waals surface area (Å²) >= 11 is 0. The normalized spacial score (nSPS) is 7.10. The summed E-state index contributed by atoms with van der Waals surface area (Å²) in [6, 6.07) is 0. The van der Waals surface area contributed by atoms with Crippen LogP contribution < -0.4 is 0 Å². The minimum absolute atomic E-state index is 0.926. The van der Waals surface area contributed by atoms with E-state index in [0.29, 0.717) is 0 Å². The van der Waals surface area contributed by atoms with Gasteiger partial charge in [0.15, 0.2) is 0 Å². The molecule has 0 amide bonds. The van der Waals surface area contributed by atoms with Crippen molar-refractivity contribution in [1.29, 1.82) is 5.26 Å². The Morgan fingerprint density at radius 3 is 2.70 bits per heavy atom. The third-order valence-corrected chi connectivity index (χ3v) is 0.296. The maximum absolute atomic E-state index is 9.85. The standard InChI is InChI=1S/C2N2O6/c3-1-8-10-2(5)9-4(6)7. The predicted molar refractivity (Wildman–Crippen MR) is 21.3 cm³/mol. The molecule has 8 heteroatoms. The van der Waals surface area contributed by atoms with Crippen LogP contribution in [0.5, 0.6) is 0 Å². The first-order valence-corrected chi connectivity index (χ1v) is 1.75. The third-order valence-electron chi connectivity index (χ3n) is 0.296. The molecule has 0 fully saturated rings. The van der Waals surface area contributed by atoms with Crippen LogP contribution in [0.4, 0.5) is 4.79 Å². The molecule has 0 aromatic carbocycles. The molecular formula is C2N2O6. The van der Waals surface area contributed by atoms with Gasteiger partial charge in [-0.2, -0.15) is 9.73 Å². The second kappa shape index (κ2) is 3.90. The van der Waals surface area contributed by atoms with E-state index in [1.165, 1.54) is 0 Å². The highest BCUT2D eigenvalue weighted by atomic mass is 17.2. The highest BCUT2D eigenvalue weighted by Gasteiger charge is 2.08. The van der Waals surface area contributed by atoms with Crippen molar-refractivity contribution in [3.05, 3.63) is 10.1 Å². The Labute approximate surface area is 53.5 Å². The third kappa shape index (κ3) is 4.13.